The van der Waals surface area contributed by atoms with E-state index in [1.165, 1.54) is 25.7 Å². The third kappa shape index (κ3) is 4.12. The molecule has 0 saturated heterocycles. The van der Waals surface area contributed by atoms with Crippen molar-refractivity contribution in [3.05, 3.63) is 0 Å². The van der Waals surface area contributed by atoms with Crippen molar-refractivity contribution in [3.8, 4) is 0 Å². The molecule has 15 heavy (non-hydrogen) atoms. The minimum Gasteiger partial charge on any atom is -0.389 e. The molecule has 1 aliphatic carbocycles. The molecule has 2 nitrogen and oxygen atoms in total. The Morgan fingerprint density at radius 3 is 2.33 bits per heavy atom. The van der Waals surface area contributed by atoms with E-state index in [-0.39, 0.29) is 0 Å². The van der Waals surface area contributed by atoms with E-state index in [9.17, 15) is 5.11 Å². The van der Waals surface area contributed by atoms with Gasteiger partial charge in [-0.25, -0.2) is 0 Å². The van der Waals surface area contributed by atoms with Crippen LogP contribution in [0.2, 0.25) is 0 Å². The fraction of sp³-hybridized carbons (Fsp3) is 1.00. The van der Waals surface area contributed by atoms with Crippen LogP contribution in [0.25, 0.3) is 0 Å². The SMILES string of the molecule is CC[C@@H](C)[C@H](C)NCC1(O)CCCCC1. The van der Waals surface area contributed by atoms with Crippen molar-refractivity contribution in [1.29, 1.82) is 0 Å². The van der Waals surface area contributed by atoms with E-state index in [0.717, 1.165) is 19.4 Å². The molecule has 0 bridgehead atoms. The zero-order valence-corrected chi connectivity index (χ0v) is 10.6. The molecule has 0 heterocycles. The number of hydrogen-bond acceptors (Lipinski definition) is 2. The predicted molar refractivity (Wildman–Crippen MR) is 65.0 cm³/mol. The van der Waals surface area contributed by atoms with Crippen LogP contribution in [0.4, 0.5) is 0 Å². The summed E-state index contributed by atoms with van der Waals surface area (Å²) in [5.41, 5.74) is -0.417. The summed E-state index contributed by atoms with van der Waals surface area (Å²) in [5.74, 6) is 0.692. The summed E-state index contributed by atoms with van der Waals surface area (Å²) in [6, 6.07) is 0.515. The van der Waals surface area contributed by atoms with Gasteiger partial charge in [0, 0.05) is 12.6 Å². The van der Waals surface area contributed by atoms with Crippen LogP contribution in [0.15, 0.2) is 0 Å². The number of hydrogen-bond donors (Lipinski definition) is 2. The Kier molecular flexibility index (Phi) is 5.07. The van der Waals surface area contributed by atoms with Crippen molar-refractivity contribution in [2.24, 2.45) is 5.92 Å². The maximum atomic E-state index is 10.3. The molecule has 0 spiro atoms. The first-order valence-electron chi connectivity index (χ1n) is 6.53. The average molecular weight is 213 g/mol. The second-order valence-corrected chi connectivity index (χ2v) is 5.34. The van der Waals surface area contributed by atoms with Crippen LogP contribution >= 0.6 is 0 Å². The molecule has 0 amide bonds. The molecule has 2 N–H and O–H groups in total. The van der Waals surface area contributed by atoms with Gasteiger partial charge < -0.3 is 10.4 Å². The maximum absolute atomic E-state index is 10.3. The third-order valence-corrected chi connectivity index (χ3v) is 4.03. The van der Waals surface area contributed by atoms with Crippen LogP contribution in [-0.4, -0.2) is 23.3 Å². The van der Waals surface area contributed by atoms with Crippen molar-refractivity contribution >= 4 is 0 Å². The minimum absolute atomic E-state index is 0.417. The van der Waals surface area contributed by atoms with E-state index in [1.807, 2.05) is 0 Å². The first-order valence-corrected chi connectivity index (χ1v) is 6.53. The summed E-state index contributed by atoms with van der Waals surface area (Å²) >= 11 is 0. The molecule has 0 aromatic carbocycles. The van der Waals surface area contributed by atoms with Gasteiger partial charge in [0.1, 0.15) is 0 Å². The normalized spacial score (nSPS) is 24.8. The quantitative estimate of drug-likeness (QED) is 0.736. The van der Waals surface area contributed by atoms with E-state index in [1.54, 1.807) is 0 Å². The number of rotatable bonds is 5. The summed E-state index contributed by atoms with van der Waals surface area (Å²) in [6.07, 6.45) is 6.84. The topological polar surface area (TPSA) is 32.3 Å². The largest absolute Gasteiger partial charge is 0.389 e. The average Bonchev–Trinajstić information content (AvgIpc) is 2.26. The van der Waals surface area contributed by atoms with Crippen LogP contribution in [0.5, 0.6) is 0 Å². The summed E-state index contributed by atoms with van der Waals surface area (Å²) in [6.45, 7) is 7.49. The van der Waals surface area contributed by atoms with Crippen LogP contribution in [0, 0.1) is 5.92 Å². The van der Waals surface area contributed by atoms with Crippen molar-refractivity contribution < 1.29 is 5.11 Å². The lowest BCUT2D eigenvalue weighted by Gasteiger charge is -2.34. The van der Waals surface area contributed by atoms with Crippen molar-refractivity contribution in [3.63, 3.8) is 0 Å². The molecule has 0 aromatic rings. The molecule has 1 rings (SSSR count). The zero-order valence-electron chi connectivity index (χ0n) is 10.6. The Morgan fingerprint density at radius 1 is 1.20 bits per heavy atom. The molecule has 90 valence electrons. The number of nitrogens with one attached hydrogen (secondary N) is 1. The molecular weight excluding hydrogens is 186 g/mol. The zero-order chi connectivity index (χ0) is 11.3. The lowest BCUT2D eigenvalue weighted by molar-refractivity contribution is 0.00173. The van der Waals surface area contributed by atoms with Gasteiger partial charge in [-0.2, -0.15) is 0 Å². The van der Waals surface area contributed by atoms with Gasteiger partial charge in [0.25, 0.3) is 0 Å². The van der Waals surface area contributed by atoms with Crippen LogP contribution in [0.3, 0.4) is 0 Å². The molecule has 1 fully saturated rings. The standard InChI is InChI=1S/C13H27NO/c1-4-11(2)12(3)14-10-13(15)8-6-5-7-9-13/h11-12,14-15H,4-10H2,1-3H3/t11-,12+/m1/s1. The van der Waals surface area contributed by atoms with E-state index in [4.69, 9.17) is 0 Å². The Balaban J connectivity index is 2.28. The highest BCUT2D eigenvalue weighted by Crippen LogP contribution is 2.27. The van der Waals surface area contributed by atoms with Crippen LogP contribution in [-0.2, 0) is 0 Å². The molecule has 2 heteroatoms. The Labute approximate surface area is 94.5 Å². The lowest BCUT2D eigenvalue weighted by Crippen LogP contribution is -2.46. The van der Waals surface area contributed by atoms with Crippen molar-refractivity contribution in [2.75, 3.05) is 6.54 Å². The van der Waals surface area contributed by atoms with E-state index < -0.39 is 5.60 Å². The highest BCUT2D eigenvalue weighted by Gasteiger charge is 2.29. The Bertz CT molecular complexity index is 175. The second-order valence-electron chi connectivity index (χ2n) is 5.34. The van der Waals surface area contributed by atoms with E-state index in [2.05, 4.69) is 26.1 Å². The van der Waals surface area contributed by atoms with Crippen LogP contribution < -0.4 is 5.32 Å². The third-order valence-electron chi connectivity index (χ3n) is 4.03. The Morgan fingerprint density at radius 2 is 1.80 bits per heavy atom. The fourth-order valence-electron chi connectivity index (χ4n) is 2.29. The molecular formula is C13H27NO. The fourth-order valence-corrected chi connectivity index (χ4v) is 2.29. The van der Waals surface area contributed by atoms with Gasteiger partial charge in [0.05, 0.1) is 5.60 Å². The van der Waals surface area contributed by atoms with Crippen molar-refractivity contribution in [1.82, 2.24) is 5.32 Å². The van der Waals surface area contributed by atoms with Gasteiger partial charge in [-0.1, -0.05) is 39.5 Å². The maximum Gasteiger partial charge on any atom is 0.0771 e. The van der Waals surface area contributed by atoms with Gasteiger partial charge in [-0.15, -0.1) is 0 Å². The smallest absolute Gasteiger partial charge is 0.0771 e. The summed E-state index contributed by atoms with van der Waals surface area (Å²) in [5, 5.41) is 13.8. The number of aliphatic hydroxyl groups is 1. The summed E-state index contributed by atoms with van der Waals surface area (Å²) in [4.78, 5) is 0. The van der Waals surface area contributed by atoms with Gasteiger partial charge in [0.2, 0.25) is 0 Å². The molecule has 0 radical (unpaired) electrons. The van der Waals surface area contributed by atoms with Gasteiger partial charge in [-0.3, -0.25) is 0 Å². The van der Waals surface area contributed by atoms with Crippen LogP contribution in [0.1, 0.15) is 59.3 Å². The Hall–Kier alpha value is -0.0800. The van der Waals surface area contributed by atoms with Crippen molar-refractivity contribution in [2.45, 2.75) is 70.9 Å². The molecule has 0 aliphatic heterocycles. The monoisotopic (exact) mass is 213 g/mol. The highest BCUT2D eigenvalue weighted by molar-refractivity contribution is 4.85. The minimum atomic E-state index is -0.417. The van der Waals surface area contributed by atoms with Gasteiger partial charge in [-0.05, 0) is 25.7 Å². The molecule has 1 saturated carbocycles. The van der Waals surface area contributed by atoms with Gasteiger partial charge >= 0.3 is 0 Å². The molecule has 0 aromatic heterocycles. The summed E-state index contributed by atoms with van der Waals surface area (Å²) in [7, 11) is 0. The molecule has 1 aliphatic rings. The molecule has 2 atom stereocenters. The first kappa shape index (κ1) is 13.0. The van der Waals surface area contributed by atoms with E-state index >= 15 is 0 Å². The van der Waals surface area contributed by atoms with Gasteiger partial charge in [0.15, 0.2) is 0 Å². The highest BCUT2D eigenvalue weighted by atomic mass is 16.3. The second kappa shape index (κ2) is 5.86. The predicted octanol–water partition coefficient (Wildman–Crippen LogP) is 2.71. The summed E-state index contributed by atoms with van der Waals surface area (Å²) < 4.78 is 0. The lowest BCUT2D eigenvalue weighted by atomic mass is 9.84. The molecule has 0 unspecified atom stereocenters. The van der Waals surface area contributed by atoms with E-state index in [0.29, 0.717) is 12.0 Å². The first-order chi connectivity index (χ1) is 7.07.